The standard InChI is InChI=1S/C11H15N5O2/c1-8(2)16(5-3-9(17)18)10-11-14-13-7-15(11)6-4-12-10/h4,6-8H,3,5H2,1-2H3,(H,17,18). The number of rotatable bonds is 5. The first-order valence-corrected chi connectivity index (χ1v) is 5.72. The Morgan fingerprint density at radius 3 is 3.00 bits per heavy atom. The normalized spacial score (nSPS) is 11.1. The van der Waals surface area contributed by atoms with E-state index in [1.165, 1.54) is 0 Å². The molecule has 0 aromatic carbocycles. The van der Waals surface area contributed by atoms with E-state index in [-0.39, 0.29) is 12.5 Å². The first-order chi connectivity index (χ1) is 8.59. The number of aromatic nitrogens is 4. The minimum Gasteiger partial charge on any atom is -0.481 e. The average Bonchev–Trinajstić information content (AvgIpc) is 2.77. The Bertz CT molecular complexity index is 551. The number of anilines is 1. The lowest BCUT2D eigenvalue weighted by molar-refractivity contribution is -0.136. The van der Waals surface area contributed by atoms with Crippen molar-refractivity contribution in [2.45, 2.75) is 26.3 Å². The number of hydrogen-bond acceptors (Lipinski definition) is 5. The average molecular weight is 249 g/mol. The third-order valence-electron chi connectivity index (χ3n) is 2.66. The van der Waals surface area contributed by atoms with E-state index in [4.69, 9.17) is 5.11 Å². The highest BCUT2D eigenvalue weighted by atomic mass is 16.4. The molecular formula is C11H15N5O2. The molecule has 0 saturated carbocycles. The summed E-state index contributed by atoms with van der Waals surface area (Å²) in [6, 6.07) is 0.139. The minimum atomic E-state index is -0.825. The van der Waals surface area contributed by atoms with Crippen LogP contribution in [0.25, 0.3) is 5.65 Å². The number of carbonyl (C=O) groups is 1. The minimum absolute atomic E-state index is 0.0645. The zero-order valence-electron chi connectivity index (χ0n) is 10.3. The zero-order valence-corrected chi connectivity index (χ0v) is 10.3. The summed E-state index contributed by atoms with van der Waals surface area (Å²) in [5, 5.41) is 16.6. The van der Waals surface area contributed by atoms with Gasteiger partial charge in [-0.05, 0) is 13.8 Å². The summed E-state index contributed by atoms with van der Waals surface area (Å²) in [5.41, 5.74) is 0.636. The zero-order chi connectivity index (χ0) is 13.1. The smallest absolute Gasteiger partial charge is 0.305 e. The molecule has 2 heterocycles. The highest BCUT2D eigenvalue weighted by molar-refractivity contribution is 5.69. The molecule has 0 spiro atoms. The molecule has 7 nitrogen and oxygen atoms in total. The third-order valence-corrected chi connectivity index (χ3v) is 2.66. The van der Waals surface area contributed by atoms with Crippen molar-refractivity contribution in [2.24, 2.45) is 0 Å². The van der Waals surface area contributed by atoms with E-state index >= 15 is 0 Å². The first-order valence-electron chi connectivity index (χ1n) is 5.72. The monoisotopic (exact) mass is 249 g/mol. The van der Waals surface area contributed by atoms with Gasteiger partial charge in [0.05, 0.1) is 6.42 Å². The summed E-state index contributed by atoms with van der Waals surface area (Å²) in [7, 11) is 0. The van der Waals surface area contributed by atoms with E-state index in [0.717, 1.165) is 0 Å². The van der Waals surface area contributed by atoms with Gasteiger partial charge in [0.25, 0.3) is 0 Å². The number of carboxylic acid groups (broad SMARTS) is 1. The summed E-state index contributed by atoms with van der Waals surface area (Å²) < 4.78 is 1.76. The summed E-state index contributed by atoms with van der Waals surface area (Å²) in [4.78, 5) is 16.9. The molecule has 0 aliphatic rings. The third kappa shape index (κ3) is 2.39. The van der Waals surface area contributed by atoms with Gasteiger partial charge in [0, 0.05) is 25.0 Å². The molecule has 0 aliphatic carbocycles. The number of aliphatic carboxylic acids is 1. The van der Waals surface area contributed by atoms with E-state index in [1.807, 2.05) is 18.7 Å². The fraction of sp³-hybridized carbons (Fsp3) is 0.455. The number of fused-ring (bicyclic) bond motifs is 1. The second-order valence-corrected chi connectivity index (χ2v) is 4.24. The Hall–Kier alpha value is -2.18. The van der Waals surface area contributed by atoms with Crippen LogP contribution in [0.5, 0.6) is 0 Å². The molecule has 0 fully saturated rings. The van der Waals surface area contributed by atoms with Crippen LogP contribution in [0.3, 0.4) is 0 Å². The van der Waals surface area contributed by atoms with Gasteiger partial charge in [-0.2, -0.15) is 0 Å². The number of nitrogens with zero attached hydrogens (tertiary/aromatic N) is 5. The maximum atomic E-state index is 10.7. The molecule has 7 heteroatoms. The summed E-state index contributed by atoms with van der Waals surface area (Å²) >= 11 is 0. The van der Waals surface area contributed by atoms with Gasteiger partial charge in [-0.15, -0.1) is 10.2 Å². The highest BCUT2D eigenvalue weighted by Crippen LogP contribution is 2.18. The molecule has 0 radical (unpaired) electrons. The van der Waals surface area contributed by atoms with Gasteiger partial charge in [-0.25, -0.2) is 4.98 Å². The maximum Gasteiger partial charge on any atom is 0.305 e. The molecule has 0 unspecified atom stereocenters. The molecule has 0 atom stereocenters. The second kappa shape index (κ2) is 4.99. The van der Waals surface area contributed by atoms with Crippen LogP contribution in [0.4, 0.5) is 5.82 Å². The lowest BCUT2D eigenvalue weighted by Crippen LogP contribution is -2.34. The molecule has 0 bridgehead atoms. The van der Waals surface area contributed by atoms with Crippen LogP contribution in [0.15, 0.2) is 18.7 Å². The molecule has 2 aromatic rings. The predicted octanol–water partition coefficient (Wildman–Crippen LogP) is 0.814. The fourth-order valence-electron chi connectivity index (χ4n) is 1.77. The number of hydrogen-bond donors (Lipinski definition) is 1. The summed E-state index contributed by atoms with van der Waals surface area (Å²) in [6.45, 7) is 4.37. The van der Waals surface area contributed by atoms with Crippen molar-refractivity contribution >= 4 is 17.4 Å². The Labute approximate surface area is 104 Å². The van der Waals surface area contributed by atoms with E-state index < -0.39 is 5.97 Å². The van der Waals surface area contributed by atoms with Crippen LogP contribution >= 0.6 is 0 Å². The number of carboxylic acids is 1. The molecule has 0 amide bonds. The van der Waals surface area contributed by atoms with Crippen molar-refractivity contribution in [3.8, 4) is 0 Å². The van der Waals surface area contributed by atoms with Crippen molar-refractivity contribution in [1.82, 2.24) is 19.6 Å². The van der Waals surface area contributed by atoms with Gasteiger partial charge in [-0.3, -0.25) is 9.20 Å². The molecular weight excluding hydrogens is 234 g/mol. The predicted molar refractivity (Wildman–Crippen MR) is 65.5 cm³/mol. The van der Waals surface area contributed by atoms with Gasteiger partial charge < -0.3 is 10.0 Å². The van der Waals surface area contributed by atoms with Crippen LogP contribution in [0, 0.1) is 0 Å². The Morgan fingerprint density at radius 1 is 1.56 bits per heavy atom. The molecule has 96 valence electrons. The van der Waals surface area contributed by atoms with E-state index in [2.05, 4.69) is 15.2 Å². The van der Waals surface area contributed by atoms with Crippen LogP contribution in [0.1, 0.15) is 20.3 Å². The van der Waals surface area contributed by atoms with Crippen molar-refractivity contribution < 1.29 is 9.90 Å². The van der Waals surface area contributed by atoms with Gasteiger partial charge in [-0.1, -0.05) is 0 Å². The molecule has 0 saturated heterocycles. The van der Waals surface area contributed by atoms with E-state index in [0.29, 0.717) is 18.0 Å². The first kappa shape index (κ1) is 12.3. The molecule has 1 N–H and O–H groups in total. The van der Waals surface area contributed by atoms with Crippen LogP contribution < -0.4 is 4.90 Å². The topological polar surface area (TPSA) is 83.6 Å². The summed E-state index contributed by atoms with van der Waals surface area (Å²) in [6.07, 6.45) is 5.07. The Kier molecular flexibility index (Phi) is 3.40. The maximum absolute atomic E-state index is 10.7. The lowest BCUT2D eigenvalue weighted by Gasteiger charge is -2.27. The largest absolute Gasteiger partial charge is 0.481 e. The van der Waals surface area contributed by atoms with Crippen LogP contribution in [-0.2, 0) is 4.79 Å². The van der Waals surface area contributed by atoms with Gasteiger partial charge in [0.1, 0.15) is 6.33 Å². The van der Waals surface area contributed by atoms with Gasteiger partial charge >= 0.3 is 5.97 Å². The highest BCUT2D eigenvalue weighted by Gasteiger charge is 2.17. The Morgan fingerprint density at radius 2 is 2.33 bits per heavy atom. The van der Waals surface area contributed by atoms with Gasteiger partial charge in [0.15, 0.2) is 5.82 Å². The second-order valence-electron chi connectivity index (χ2n) is 4.24. The van der Waals surface area contributed by atoms with Crippen LogP contribution in [-0.4, -0.2) is 43.2 Å². The SMILES string of the molecule is CC(C)N(CCC(=O)O)c1nccn2cnnc12. The molecule has 0 aliphatic heterocycles. The summed E-state index contributed by atoms with van der Waals surface area (Å²) in [5.74, 6) is -0.166. The Balaban J connectivity index is 2.35. The van der Waals surface area contributed by atoms with Crippen molar-refractivity contribution in [2.75, 3.05) is 11.4 Å². The van der Waals surface area contributed by atoms with Crippen molar-refractivity contribution in [3.05, 3.63) is 18.7 Å². The molecule has 2 rings (SSSR count). The lowest BCUT2D eigenvalue weighted by atomic mass is 10.3. The van der Waals surface area contributed by atoms with Crippen LogP contribution in [0.2, 0.25) is 0 Å². The van der Waals surface area contributed by atoms with Crippen molar-refractivity contribution in [3.63, 3.8) is 0 Å². The van der Waals surface area contributed by atoms with E-state index in [1.54, 1.807) is 23.1 Å². The van der Waals surface area contributed by atoms with Crippen molar-refractivity contribution in [1.29, 1.82) is 0 Å². The molecule has 2 aromatic heterocycles. The van der Waals surface area contributed by atoms with E-state index in [9.17, 15) is 4.79 Å². The molecule has 18 heavy (non-hydrogen) atoms. The fourth-order valence-corrected chi connectivity index (χ4v) is 1.77. The quantitative estimate of drug-likeness (QED) is 0.844. The van der Waals surface area contributed by atoms with Gasteiger partial charge in [0.2, 0.25) is 5.65 Å².